The molecule has 2 heterocycles. The molecule has 0 aliphatic rings. The molecule has 0 saturated heterocycles. The van der Waals surface area contributed by atoms with Gasteiger partial charge in [-0.25, -0.2) is 0 Å². The zero-order valence-electron chi connectivity index (χ0n) is 13.7. The lowest BCUT2D eigenvalue weighted by Gasteiger charge is -2.12. The highest BCUT2D eigenvalue weighted by molar-refractivity contribution is 7.18. The van der Waals surface area contributed by atoms with Crippen molar-refractivity contribution in [2.45, 2.75) is 0 Å². The predicted octanol–water partition coefficient (Wildman–Crippen LogP) is 3.08. The van der Waals surface area contributed by atoms with Crippen LogP contribution in [0.4, 0.5) is 5.13 Å². The van der Waals surface area contributed by atoms with Gasteiger partial charge in [-0.1, -0.05) is 11.3 Å². The normalized spacial score (nSPS) is 10.4. The van der Waals surface area contributed by atoms with E-state index in [9.17, 15) is 4.79 Å². The smallest absolute Gasteiger partial charge is 0.293 e. The highest BCUT2D eigenvalue weighted by atomic mass is 32.1. The summed E-state index contributed by atoms with van der Waals surface area (Å²) >= 11 is 1.22. The van der Waals surface area contributed by atoms with Crippen LogP contribution in [0.25, 0.3) is 10.6 Å². The first kappa shape index (κ1) is 16.8. The van der Waals surface area contributed by atoms with Gasteiger partial charge in [-0.15, -0.1) is 10.2 Å². The van der Waals surface area contributed by atoms with Crippen LogP contribution in [-0.4, -0.2) is 37.4 Å². The molecule has 1 aromatic carbocycles. The Morgan fingerprint density at radius 1 is 1.12 bits per heavy atom. The molecule has 3 aromatic rings. The molecule has 1 N–H and O–H groups in total. The molecule has 25 heavy (non-hydrogen) atoms. The number of carbonyl (C=O) groups excluding carboxylic acids is 1. The molecular formula is C16H15N3O5S. The van der Waals surface area contributed by atoms with E-state index in [1.807, 2.05) is 0 Å². The summed E-state index contributed by atoms with van der Waals surface area (Å²) in [4.78, 5) is 12.0. The van der Waals surface area contributed by atoms with Crippen LogP contribution in [0.1, 0.15) is 10.6 Å². The lowest BCUT2D eigenvalue weighted by molar-refractivity contribution is 0.0996. The van der Waals surface area contributed by atoms with Crippen LogP contribution in [0.2, 0.25) is 0 Å². The minimum Gasteiger partial charge on any atom is -0.493 e. The van der Waals surface area contributed by atoms with Crippen molar-refractivity contribution in [3.05, 3.63) is 36.3 Å². The van der Waals surface area contributed by atoms with Gasteiger partial charge < -0.3 is 18.6 Å². The van der Waals surface area contributed by atoms with Gasteiger partial charge in [-0.3, -0.25) is 10.1 Å². The minimum atomic E-state index is -0.391. The van der Waals surface area contributed by atoms with Gasteiger partial charge in [0.25, 0.3) is 5.91 Å². The first-order chi connectivity index (χ1) is 12.2. The fraction of sp³-hybridized carbons (Fsp3) is 0.188. The third-order valence-corrected chi connectivity index (χ3v) is 4.19. The quantitative estimate of drug-likeness (QED) is 0.721. The number of furan rings is 1. The van der Waals surface area contributed by atoms with Gasteiger partial charge in [0.05, 0.1) is 27.6 Å². The molecule has 0 spiro atoms. The third-order valence-electron chi connectivity index (χ3n) is 3.30. The Morgan fingerprint density at radius 3 is 2.40 bits per heavy atom. The maximum absolute atomic E-state index is 12.0. The predicted molar refractivity (Wildman–Crippen MR) is 91.7 cm³/mol. The van der Waals surface area contributed by atoms with Gasteiger partial charge in [0.2, 0.25) is 10.9 Å². The largest absolute Gasteiger partial charge is 0.493 e. The van der Waals surface area contributed by atoms with Crippen molar-refractivity contribution >= 4 is 22.4 Å². The second-order valence-electron chi connectivity index (χ2n) is 4.76. The molecule has 9 heteroatoms. The Labute approximate surface area is 147 Å². The Kier molecular flexibility index (Phi) is 4.85. The van der Waals surface area contributed by atoms with Crippen LogP contribution in [0.15, 0.2) is 34.9 Å². The van der Waals surface area contributed by atoms with E-state index in [1.165, 1.54) is 38.9 Å². The number of nitrogens with zero attached hydrogens (tertiary/aromatic N) is 2. The van der Waals surface area contributed by atoms with Crippen molar-refractivity contribution in [1.82, 2.24) is 10.2 Å². The summed E-state index contributed by atoms with van der Waals surface area (Å²) in [5, 5.41) is 11.7. The highest BCUT2D eigenvalue weighted by Gasteiger charge is 2.17. The van der Waals surface area contributed by atoms with Gasteiger partial charge >= 0.3 is 0 Å². The van der Waals surface area contributed by atoms with Crippen LogP contribution in [0, 0.1) is 0 Å². The highest BCUT2D eigenvalue weighted by Crippen LogP contribution is 2.42. The van der Waals surface area contributed by atoms with Gasteiger partial charge in [0.1, 0.15) is 5.01 Å². The number of hydrogen-bond donors (Lipinski definition) is 1. The molecule has 0 aliphatic carbocycles. The standard InChI is InChI=1S/C16H15N3O5S/c1-21-11-7-9(8-12(22-2)13(11)23-3)15-18-19-16(25-15)17-14(20)10-5-4-6-24-10/h4-8H,1-3H3,(H,17,19,20). The van der Waals surface area contributed by atoms with E-state index in [1.54, 1.807) is 24.3 Å². The number of benzene rings is 1. The van der Waals surface area contributed by atoms with Crippen molar-refractivity contribution in [3.63, 3.8) is 0 Å². The molecule has 0 unspecified atom stereocenters. The second-order valence-corrected chi connectivity index (χ2v) is 5.74. The molecule has 2 aromatic heterocycles. The summed E-state index contributed by atoms with van der Waals surface area (Å²) < 4.78 is 21.0. The number of carbonyl (C=O) groups is 1. The fourth-order valence-corrected chi connectivity index (χ4v) is 2.89. The summed E-state index contributed by atoms with van der Waals surface area (Å²) in [6.45, 7) is 0. The van der Waals surface area contributed by atoms with Crippen LogP contribution in [0.3, 0.4) is 0 Å². The van der Waals surface area contributed by atoms with Crippen LogP contribution < -0.4 is 19.5 Å². The Morgan fingerprint density at radius 2 is 1.84 bits per heavy atom. The SMILES string of the molecule is COc1cc(-c2nnc(NC(=O)c3ccco3)s2)cc(OC)c1OC. The third kappa shape index (κ3) is 3.41. The number of aromatic nitrogens is 2. The van der Waals surface area contributed by atoms with Gasteiger partial charge in [0.15, 0.2) is 17.3 Å². The van der Waals surface area contributed by atoms with Crippen molar-refractivity contribution < 1.29 is 23.4 Å². The van der Waals surface area contributed by atoms with E-state index >= 15 is 0 Å². The zero-order valence-corrected chi connectivity index (χ0v) is 14.5. The molecular weight excluding hydrogens is 346 g/mol. The van der Waals surface area contributed by atoms with Crippen LogP contribution in [-0.2, 0) is 0 Å². The van der Waals surface area contributed by atoms with E-state index in [2.05, 4.69) is 15.5 Å². The average Bonchev–Trinajstić information content (AvgIpc) is 3.32. The number of amides is 1. The summed E-state index contributed by atoms with van der Waals surface area (Å²) in [7, 11) is 4.61. The summed E-state index contributed by atoms with van der Waals surface area (Å²) in [5.41, 5.74) is 0.727. The van der Waals surface area contributed by atoms with E-state index in [-0.39, 0.29) is 5.76 Å². The molecule has 0 aliphatic heterocycles. The molecule has 0 radical (unpaired) electrons. The first-order valence-electron chi connectivity index (χ1n) is 7.15. The lowest BCUT2D eigenvalue weighted by atomic mass is 10.2. The summed E-state index contributed by atoms with van der Waals surface area (Å²) in [5.74, 6) is 1.31. The maximum Gasteiger partial charge on any atom is 0.293 e. The zero-order chi connectivity index (χ0) is 17.8. The maximum atomic E-state index is 12.0. The fourth-order valence-electron chi connectivity index (χ4n) is 2.16. The first-order valence-corrected chi connectivity index (χ1v) is 7.96. The number of hydrogen-bond acceptors (Lipinski definition) is 8. The molecule has 8 nitrogen and oxygen atoms in total. The monoisotopic (exact) mass is 361 g/mol. The molecule has 3 rings (SSSR count). The number of nitrogens with one attached hydrogen (secondary N) is 1. The Balaban J connectivity index is 1.88. The minimum absolute atomic E-state index is 0.199. The van der Waals surface area contributed by atoms with Crippen molar-refractivity contribution in [1.29, 1.82) is 0 Å². The van der Waals surface area contributed by atoms with Crippen LogP contribution >= 0.6 is 11.3 Å². The lowest BCUT2D eigenvalue weighted by Crippen LogP contribution is -2.10. The molecule has 0 fully saturated rings. The Bertz CT molecular complexity index is 851. The summed E-state index contributed by atoms with van der Waals surface area (Å²) in [6, 6.07) is 6.73. The molecule has 0 bridgehead atoms. The number of methoxy groups -OCH3 is 3. The topological polar surface area (TPSA) is 95.7 Å². The number of rotatable bonds is 6. The number of anilines is 1. The Hall–Kier alpha value is -3.07. The van der Waals surface area contributed by atoms with Crippen molar-refractivity contribution in [2.75, 3.05) is 26.6 Å². The van der Waals surface area contributed by atoms with Gasteiger partial charge in [0, 0.05) is 5.56 Å². The molecule has 0 atom stereocenters. The molecule has 130 valence electrons. The number of ether oxygens (including phenoxy) is 3. The van der Waals surface area contributed by atoms with E-state index in [0.29, 0.717) is 27.4 Å². The van der Waals surface area contributed by atoms with Crippen molar-refractivity contribution in [2.24, 2.45) is 0 Å². The van der Waals surface area contributed by atoms with Gasteiger partial charge in [-0.05, 0) is 24.3 Å². The van der Waals surface area contributed by atoms with E-state index in [4.69, 9.17) is 18.6 Å². The van der Waals surface area contributed by atoms with Crippen molar-refractivity contribution in [3.8, 4) is 27.8 Å². The summed E-state index contributed by atoms with van der Waals surface area (Å²) in [6.07, 6.45) is 1.43. The second kappa shape index (κ2) is 7.22. The molecule has 0 saturated carbocycles. The van der Waals surface area contributed by atoms with Gasteiger partial charge in [-0.2, -0.15) is 0 Å². The van der Waals surface area contributed by atoms with E-state index in [0.717, 1.165) is 5.56 Å². The van der Waals surface area contributed by atoms with Crippen LogP contribution in [0.5, 0.6) is 17.2 Å². The average molecular weight is 361 g/mol. The molecule has 1 amide bonds. The van der Waals surface area contributed by atoms with E-state index < -0.39 is 5.91 Å².